The lowest BCUT2D eigenvalue weighted by Crippen LogP contribution is -2.25. The highest BCUT2D eigenvalue weighted by atomic mass is 79.9. The van der Waals surface area contributed by atoms with Gasteiger partial charge in [-0.3, -0.25) is 9.59 Å². The standard InChI is InChI=1S/C24H19BBrN3O2/c25-20-14-15-21(26)29(20)22-18(23(30)27-16-8-3-1-4-9-16)12-7-13-19(22)24(31)28-17-10-5-2-6-11-17/h1-15H,25H2,(H,27,30)(H,28,31). The Kier molecular flexibility index (Phi) is 6.05. The van der Waals surface area contributed by atoms with Crippen molar-refractivity contribution in [3.8, 4) is 5.69 Å². The number of para-hydroxylation sites is 3. The molecule has 0 fully saturated rings. The van der Waals surface area contributed by atoms with E-state index in [4.69, 9.17) is 0 Å². The van der Waals surface area contributed by atoms with Crippen molar-refractivity contribution in [1.82, 2.24) is 4.57 Å². The van der Waals surface area contributed by atoms with Crippen molar-refractivity contribution in [2.24, 2.45) is 0 Å². The number of hydrogen-bond acceptors (Lipinski definition) is 2. The van der Waals surface area contributed by atoms with E-state index in [0.29, 0.717) is 28.2 Å². The molecule has 152 valence electrons. The molecule has 0 aliphatic carbocycles. The van der Waals surface area contributed by atoms with Crippen LogP contribution in [0.1, 0.15) is 20.7 Å². The number of amides is 2. The van der Waals surface area contributed by atoms with E-state index in [-0.39, 0.29) is 11.8 Å². The van der Waals surface area contributed by atoms with Crippen LogP contribution >= 0.6 is 15.9 Å². The third-order valence-electron chi connectivity index (χ3n) is 4.84. The van der Waals surface area contributed by atoms with Gasteiger partial charge >= 0.3 is 0 Å². The molecule has 0 aliphatic heterocycles. The molecule has 0 bridgehead atoms. The summed E-state index contributed by atoms with van der Waals surface area (Å²) >= 11 is 3.55. The molecule has 3 aromatic carbocycles. The molecule has 4 aromatic rings. The highest BCUT2D eigenvalue weighted by Gasteiger charge is 2.23. The van der Waals surface area contributed by atoms with Crippen molar-refractivity contribution < 1.29 is 9.59 Å². The summed E-state index contributed by atoms with van der Waals surface area (Å²) in [5.41, 5.74) is 3.55. The lowest BCUT2D eigenvalue weighted by Gasteiger charge is -2.18. The Hall–Kier alpha value is -3.58. The fourth-order valence-electron chi connectivity index (χ4n) is 3.38. The number of nitrogens with one attached hydrogen (secondary N) is 2. The van der Waals surface area contributed by atoms with Gasteiger partial charge in [0.15, 0.2) is 7.85 Å². The van der Waals surface area contributed by atoms with Gasteiger partial charge in [-0.05, 0) is 70.1 Å². The van der Waals surface area contributed by atoms with Crippen LogP contribution in [0.4, 0.5) is 11.4 Å². The van der Waals surface area contributed by atoms with Crippen LogP contribution in [-0.2, 0) is 0 Å². The Labute approximate surface area is 189 Å². The largest absolute Gasteiger partial charge is 0.322 e. The average Bonchev–Trinajstić information content (AvgIpc) is 3.12. The van der Waals surface area contributed by atoms with E-state index >= 15 is 0 Å². The topological polar surface area (TPSA) is 63.1 Å². The van der Waals surface area contributed by atoms with E-state index in [0.717, 1.165) is 10.2 Å². The molecule has 0 atom stereocenters. The molecule has 2 amide bonds. The highest BCUT2D eigenvalue weighted by molar-refractivity contribution is 9.10. The minimum atomic E-state index is -0.296. The summed E-state index contributed by atoms with van der Waals surface area (Å²) < 4.78 is 2.61. The predicted molar refractivity (Wildman–Crippen MR) is 130 cm³/mol. The third kappa shape index (κ3) is 4.46. The molecule has 0 saturated carbocycles. The number of halogens is 1. The van der Waals surface area contributed by atoms with E-state index in [1.165, 1.54) is 0 Å². The normalized spacial score (nSPS) is 10.5. The molecule has 7 heteroatoms. The van der Waals surface area contributed by atoms with Crippen LogP contribution in [0.5, 0.6) is 0 Å². The van der Waals surface area contributed by atoms with Crippen molar-refractivity contribution >= 4 is 52.6 Å². The van der Waals surface area contributed by atoms with Gasteiger partial charge in [-0.2, -0.15) is 0 Å². The van der Waals surface area contributed by atoms with E-state index in [1.807, 2.05) is 85.2 Å². The van der Waals surface area contributed by atoms with Gasteiger partial charge < -0.3 is 15.2 Å². The minimum Gasteiger partial charge on any atom is -0.322 e. The Balaban J connectivity index is 1.81. The number of carbonyl (C=O) groups is 2. The molecule has 0 unspecified atom stereocenters. The van der Waals surface area contributed by atoms with Gasteiger partial charge in [0.1, 0.15) is 0 Å². The number of aromatic nitrogens is 1. The molecule has 0 saturated heterocycles. The van der Waals surface area contributed by atoms with Crippen molar-refractivity contribution in [2.45, 2.75) is 0 Å². The zero-order valence-electron chi connectivity index (χ0n) is 16.8. The summed E-state index contributed by atoms with van der Waals surface area (Å²) in [4.78, 5) is 26.4. The molecule has 1 aromatic heterocycles. The van der Waals surface area contributed by atoms with Gasteiger partial charge in [0.25, 0.3) is 11.8 Å². The second kappa shape index (κ2) is 9.06. The van der Waals surface area contributed by atoms with Crippen LogP contribution in [0.25, 0.3) is 5.69 Å². The lowest BCUT2D eigenvalue weighted by molar-refractivity contribution is 0.102. The van der Waals surface area contributed by atoms with Crippen LogP contribution in [0.2, 0.25) is 0 Å². The van der Waals surface area contributed by atoms with Gasteiger partial charge in [-0.15, -0.1) is 0 Å². The first kappa shape index (κ1) is 20.7. The molecule has 1 heterocycles. The van der Waals surface area contributed by atoms with Crippen LogP contribution < -0.4 is 16.2 Å². The molecule has 0 radical (unpaired) electrons. The average molecular weight is 472 g/mol. The maximum absolute atomic E-state index is 13.2. The quantitative estimate of drug-likeness (QED) is 0.432. The van der Waals surface area contributed by atoms with Crippen LogP contribution in [0.3, 0.4) is 0 Å². The molecule has 0 spiro atoms. The summed E-state index contributed by atoms with van der Waals surface area (Å²) in [7, 11) is 1.93. The van der Waals surface area contributed by atoms with E-state index < -0.39 is 0 Å². The summed E-state index contributed by atoms with van der Waals surface area (Å²) in [5, 5.41) is 5.83. The van der Waals surface area contributed by atoms with Crippen LogP contribution in [-0.4, -0.2) is 24.2 Å². The summed E-state index contributed by atoms with van der Waals surface area (Å²) in [5.74, 6) is -0.592. The monoisotopic (exact) mass is 471 g/mol. The first-order valence-corrected chi connectivity index (χ1v) is 10.5. The van der Waals surface area contributed by atoms with Gasteiger partial charge in [0.05, 0.1) is 21.4 Å². The fraction of sp³-hybridized carbons (Fsp3) is 0. The Morgan fingerprint density at radius 3 is 1.58 bits per heavy atom. The van der Waals surface area contributed by atoms with Gasteiger partial charge in [-0.1, -0.05) is 42.5 Å². The zero-order valence-corrected chi connectivity index (χ0v) is 18.4. The molecular formula is C24H19BBrN3O2. The maximum Gasteiger partial charge on any atom is 0.257 e. The Bertz CT molecular complexity index is 1150. The van der Waals surface area contributed by atoms with Crippen molar-refractivity contribution in [1.29, 1.82) is 0 Å². The summed E-state index contributed by atoms with van der Waals surface area (Å²) in [6.45, 7) is 0. The second-order valence-electron chi connectivity index (χ2n) is 6.97. The highest BCUT2D eigenvalue weighted by Crippen LogP contribution is 2.26. The van der Waals surface area contributed by atoms with Gasteiger partial charge in [-0.25, -0.2) is 0 Å². The Morgan fingerprint density at radius 1 is 0.677 bits per heavy atom. The molecule has 2 N–H and O–H groups in total. The van der Waals surface area contributed by atoms with E-state index in [9.17, 15) is 9.59 Å². The Morgan fingerprint density at radius 2 is 1.16 bits per heavy atom. The SMILES string of the molecule is Bc1ccc(Br)n1-c1c(C(=O)Nc2ccccc2)cccc1C(=O)Nc1ccccc1. The number of anilines is 2. The van der Waals surface area contributed by atoms with Crippen LogP contribution in [0.15, 0.2) is 95.6 Å². The smallest absolute Gasteiger partial charge is 0.257 e. The van der Waals surface area contributed by atoms with Crippen LogP contribution in [0, 0.1) is 0 Å². The second-order valence-corrected chi connectivity index (χ2v) is 7.79. The first-order valence-electron chi connectivity index (χ1n) is 9.74. The number of hydrogen-bond donors (Lipinski definition) is 2. The van der Waals surface area contributed by atoms with Gasteiger partial charge in [0, 0.05) is 11.4 Å². The number of carbonyl (C=O) groups excluding carboxylic acids is 2. The molecule has 5 nitrogen and oxygen atoms in total. The summed E-state index contributed by atoms with van der Waals surface area (Å²) in [6, 6.07) is 27.4. The number of nitrogens with zero attached hydrogens (tertiary/aromatic N) is 1. The van der Waals surface area contributed by atoms with E-state index in [1.54, 1.807) is 18.2 Å². The zero-order chi connectivity index (χ0) is 21.8. The molecular weight excluding hydrogens is 453 g/mol. The van der Waals surface area contributed by atoms with Crippen molar-refractivity contribution in [3.63, 3.8) is 0 Å². The maximum atomic E-state index is 13.2. The summed E-state index contributed by atoms with van der Waals surface area (Å²) in [6.07, 6.45) is 0. The molecule has 4 rings (SSSR count). The fourth-order valence-corrected chi connectivity index (χ4v) is 3.97. The van der Waals surface area contributed by atoms with Crippen molar-refractivity contribution in [2.75, 3.05) is 10.6 Å². The third-order valence-corrected chi connectivity index (χ3v) is 5.46. The number of benzene rings is 3. The molecule has 0 aliphatic rings. The minimum absolute atomic E-state index is 0.296. The first-order chi connectivity index (χ1) is 15.0. The lowest BCUT2D eigenvalue weighted by atomic mass is 10.0. The predicted octanol–water partition coefficient (Wildman–Crippen LogP) is 4.00. The molecule has 31 heavy (non-hydrogen) atoms. The van der Waals surface area contributed by atoms with E-state index in [2.05, 4.69) is 26.6 Å². The number of rotatable bonds is 5. The van der Waals surface area contributed by atoms with Gasteiger partial charge in [0.2, 0.25) is 0 Å². The van der Waals surface area contributed by atoms with Crippen molar-refractivity contribution in [3.05, 3.63) is 107 Å².